The highest BCUT2D eigenvalue weighted by Gasteiger charge is 2.04. The van der Waals surface area contributed by atoms with Crippen LogP contribution < -0.4 is 0 Å². The summed E-state index contributed by atoms with van der Waals surface area (Å²) in [6.45, 7) is 0.356. The van der Waals surface area contributed by atoms with Gasteiger partial charge in [-0.1, -0.05) is 11.6 Å². The monoisotopic (exact) mass is 128 g/mol. The van der Waals surface area contributed by atoms with Gasteiger partial charge in [-0.2, -0.15) is 0 Å². The highest BCUT2D eigenvalue weighted by atomic mass is 17.1. The average Bonchev–Trinajstić information content (AvgIpc) is 2.34. The summed E-state index contributed by atoms with van der Waals surface area (Å²) in [6, 6.07) is 0. The van der Waals surface area contributed by atoms with Crippen LogP contribution in [0.3, 0.4) is 0 Å². The van der Waals surface area contributed by atoms with Crippen LogP contribution in [0, 0.1) is 0 Å². The van der Waals surface area contributed by atoms with Gasteiger partial charge in [-0.05, 0) is 25.7 Å². The van der Waals surface area contributed by atoms with E-state index in [-0.39, 0.29) is 0 Å². The van der Waals surface area contributed by atoms with Gasteiger partial charge in [0.25, 0.3) is 0 Å². The van der Waals surface area contributed by atoms with Gasteiger partial charge in [0.2, 0.25) is 0 Å². The van der Waals surface area contributed by atoms with Gasteiger partial charge >= 0.3 is 0 Å². The van der Waals surface area contributed by atoms with Crippen molar-refractivity contribution in [2.24, 2.45) is 0 Å². The van der Waals surface area contributed by atoms with Crippen molar-refractivity contribution in [2.75, 3.05) is 6.61 Å². The highest BCUT2D eigenvalue weighted by Crippen LogP contribution is 2.22. The van der Waals surface area contributed by atoms with Crippen LogP contribution >= 0.6 is 0 Å². The smallest absolute Gasteiger partial charge is 0.100 e. The molecule has 2 nitrogen and oxygen atoms in total. The van der Waals surface area contributed by atoms with Crippen molar-refractivity contribution in [3.8, 4) is 0 Å². The molecular formula is C7H12O2. The Morgan fingerprint density at radius 3 is 2.67 bits per heavy atom. The SMILES string of the molecule is OOCC=C1CCCC1. The van der Waals surface area contributed by atoms with Crippen LogP contribution in [0.25, 0.3) is 0 Å². The van der Waals surface area contributed by atoms with E-state index in [1.165, 1.54) is 31.3 Å². The van der Waals surface area contributed by atoms with E-state index < -0.39 is 0 Å². The van der Waals surface area contributed by atoms with Crippen LogP contribution in [0.5, 0.6) is 0 Å². The van der Waals surface area contributed by atoms with Crippen molar-refractivity contribution in [1.29, 1.82) is 0 Å². The zero-order chi connectivity index (χ0) is 6.53. The summed E-state index contributed by atoms with van der Waals surface area (Å²) in [4.78, 5) is 3.93. The van der Waals surface area contributed by atoms with E-state index in [4.69, 9.17) is 5.26 Å². The summed E-state index contributed by atoms with van der Waals surface area (Å²) >= 11 is 0. The zero-order valence-corrected chi connectivity index (χ0v) is 5.47. The van der Waals surface area contributed by atoms with E-state index in [9.17, 15) is 0 Å². The molecule has 0 aromatic rings. The van der Waals surface area contributed by atoms with Crippen molar-refractivity contribution in [3.05, 3.63) is 11.6 Å². The standard InChI is InChI=1S/C7H12O2/c8-9-6-5-7-3-1-2-4-7/h5,8H,1-4,6H2. The molecule has 9 heavy (non-hydrogen) atoms. The molecule has 1 N–H and O–H groups in total. The average molecular weight is 128 g/mol. The first-order valence-electron chi connectivity index (χ1n) is 3.38. The van der Waals surface area contributed by atoms with Crippen LogP contribution in [-0.2, 0) is 4.89 Å². The third kappa shape index (κ3) is 2.16. The summed E-state index contributed by atoms with van der Waals surface area (Å²) in [5.41, 5.74) is 1.43. The van der Waals surface area contributed by atoms with E-state index in [1.807, 2.05) is 6.08 Å². The fraction of sp³-hybridized carbons (Fsp3) is 0.714. The fourth-order valence-corrected chi connectivity index (χ4v) is 1.19. The minimum absolute atomic E-state index is 0.356. The van der Waals surface area contributed by atoms with E-state index >= 15 is 0 Å². The molecule has 0 aromatic carbocycles. The van der Waals surface area contributed by atoms with Gasteiger partial charge in [-0.3, -0.25) is 5.26 Å². The van der Waals surface area contributed by atoms with Crippen LogP contribution in [-0.4, -0.2) is 11.9 Å². The molecule has 2 heteroatoms. The molecule has 1 aliphatic carbocycles. The molecule has 0 aromatic heterocycles. The molecule has 0 atom stereocenters. The van der Waals surface area contributed by atoms with Gasteiger partial charge in [0.1, 0.15) is 6.61 Å². The highest BCUT2D eigenvalue weighted by molar-refractivity contribution is 5.05. The molecule has 0 spiro atoms. The number of rotatable bonds is 2. The van der Waals surface area contributed by atoms with Crippen molar-refractivity contribution in [3.63, 3.8) is 0 Å². The molecule has 0 saturated heterocycles. The summed E-state index contributed by atoms with van der Waals surface area (Å²) in [6.07, 6.45) is 6.97. The first-order valence-corrected chi connectivity index (χ1v) is 3.38. The van der Waals surface area contributed by atoms with Crippen LogP contribution in [0.4, 0.5) is 0 Å². The molecule has 1 rings (SSSR count). The Morgan fingerprint density at radius 2 is 2.11 bits per heavy atom. The molecule has 1 fully saturated rings. The Bertz CT molecular complexity index is 99.5. The first kappa shape index (κ1) is 6.78. The Labute approximate surface area is 55.1 Å². The van der Waals surface area contributed by atoms with Crippen molar-refractivity contribution in [1.82, 2.24) is 0 Å². The Kier molecular flexibility index (Phi) is 2.74. The van der Waals surface area contributed by atoms with Gasteiger partial charge in [-0.15, -0.1) is 0 Å². The normalized spacial score (nSPS) is 18.6. The lowest BCUT2D eigenvalue weighted by molar-refractivity contribution is -0.232. The predicted octanol–water partition coefficient (Wildman–Crippen LogP) is 1.98. The van der Waals surface area contributed by atoms with Crippen LogP contribution in [0.1, 0.15) is 25.7 Å². The van der Waals surface area contributed by atoms with Gasteiger partial charge in [0, 0.05) is 0 Å². The molecule has 52 valence electrons. The van der Waals surface area contributed by atoms with Gasteiger partial charge in [-0.25, -0.2) is 4.89 Å². The molecular weight excluding hydrogens is 116 g/mol. The summed E-state index contributed by atoms with van der Waals surface area (Å²) in [5, 5.41) is 7.98. The van der Waals surface area contributed by atoms with Gasteiger partial charge in [0.15, 0.2) is 0 Å². The quantitative estimate of drug-likeness (QED) is 0.350. The van der Waals surface area contributed by atoms with Crippen LogP contribution in [0.2, 0.25) is 0 Å². The molecule has 1 aliphatic rings. The molecule has 0 aliphatic heterocycles. The first-order chi connectivity index (χ1) is 4.43. The molecule has 0 amide bonds. The van der Waals surface area contributed by atoms with Crippen molar-refractivity contribution in [2.45, 2.75) is 25.7 Å². The molecule has 0 heterocycles. The zero-order valence-electron chi connectivity index (χ0n) is 5.47. The van der Waals surface area contributed by atoms with E-state index in [2.05, 4.69) is 4.89 Å². The third-order valence-corrected chi connectivity index (χ3v) is 1.69. The summed E-state index contributed by atoms with van der Waals surface area (Å²) in [5.74, 6) is 0. The Morgan fingerprint density at radius 1 is 1.44 bits per heavy atom. The van der Waals surface area contributed by atoms with Crippen LogP contribution in [0.15, 0.2) is 11.6 Å². The van der Waals surface area contributed by atoms with Gasteiger partial charge in [0.05, 0.1) is 0 Å². The van der Waals surface area contributed by atoms with E-state index in [1.54, 1.807) is 0 Å². The summed E-state index contributed by atoms with van der Waals surface area (Å²) in [7, 11) is 0. The number of hydrogen-bond acceptors (Lipinski definition) is 2. The van der Waals surface area contributed by atoms with E-state index in [0.29, 0.717) is 6.61 Å². The minimum atomic E-state index is 0.356. The predicted molar refractivity (Wildman–Crippen MR) is 35.1 cm³/mol. The second kappa shape index (κ2) is 3.64. The lowest BCUT2D eigenvalue weighted by atomic mass is 10.2. The Balaban J connectivity index is 2.22. The fourth-order valence-electron chi connectivity index (χ4n) is 1.19. The number of allylic oxidation sites excluding steroid dienone is 1. The van der Waals surface area contributed by atoms with Crippen molar-refractivity contribution >= 4 is 0 Å². The lowest BCUT2D eigenvalue weighted by Gasteiger charge is -1.91. The second-order valence-corrected chi connectivity index (χ2v) is 2.37. The molecule has 0 radical (unpaired) electrons. The maximum absolute atomic E-state index is 7.98. The molecule has 0 unspecified atom stereocenters. The lowest BCUT2D eigenvalue weighted by Crippen LogP contribution is -1.84. The maximum atomic E-state index is 7.98. The second-order valence-electron chi connectivity index (χ2n) is 2.37. The van der Waals surface area contributed by atoms with Crippen molar-refractivity contribution < 1.29 is 10.1 Å². The number of hydrogen-bond donors (Lipinski definition) is 1. The maximum Gasteiger partial charge on any atom is 0.100 e. The minimum Gasteiger partial charge on any atom is -0.252 e. The van der Waals surface area contributed by atoms with Gasteiger partial charge < -0.3 is 0 Å². The summed E-state index contributed by atoms with van der Waals surface area (Å²) < 4.78 is 0. The third-order valence-electron chi connectivity index (χ3n) is 1.69. The topological polar surface area (TPSA) is 29.5 Å². The molecule has 0 bridgehead atoms. The largest absolute Gasteiger partial charge is 0.252 e. The molecule has 1 saturated carbocycles. The Hall–Kier alpha value is -0.340. The van der Waals surface area contributed by atoms with E-state index in [0.717, 1.165) is 0 Å².